The molecule has 4 aromatic rings. The molecule has 0 fully saturated rings. The molecule has 0 unspecified atom stereocenters. The number of nitrogens with one attached hydrogen (secondary N) is 1. The molecular formula is C24H23N3O2S. The van der Waals surface area contributed by atoms with Crippen LogP contribution in [0.2, 0.25) is 0 Å². The van der Waals surface area contributed by atoms with Crippen molar-refractivity contribution >= 4 is 33.7 Å². The third-order valence-electron chi connectivity index (χ3n) is 5.29. The van der Waals surface area contributed by atoms with Crippen LogP contribution in [0, 0.1) is 0 Å². The summed E-state index contributed by atoms with van der Waals surface area (Å²) in [6.07, 6.45) is 1.06. The highest BCUT2D eigenvalue weighted by Crippen LogP contribution is 2.28. The average Bonchev–Trinajstić information content (AvgIpc) is 3.30. The number of benzene rings is 2. The van der Waals surface area contributed by atoms with E-state index in [0.29, 0.717) is 22.7 Å². The Balaban J connectivity index is 1.61. The van der Waals surface area contributed by atoms with Crippen LogP contribution >= 0.6 is 11.3 Å². The van der Waals surface area contributed by atoms with Crippen molar-refractivity contribution in [2.75, 3.05) is 5.32 Å². The van der Waals surface area contributed by atoms with Crippen molar-refractivity contribution < 1.29 is 4.79 Å². The summed E-state index contributed by atoms with van der Waals surface area (Å²) in [4.78, 5) is 26.5. The fourth-order valence-electron chi connectivity index (χ4n) is 3.40. The molecule has 0 saturated carbocycles. The van der Waals surface area contributed by atoms with Crippen LogP contribution in [0.5, 0.6) is 0 Å². The number of anilines is 1. The summed E-state index contributed by atoms with van der Waals surface area (Å²) in [5, 5.41) is 10.7. The maximum Gasteiger partial charge on any atom is 0.275 e. The third-order valence-corrected chi connectivity index (χ3v) is 6.17. The molecule has 0 spiro atoms. The lowest BCUT2D eigenvalue weighted by atomic mass is 9.99. The zero-order valence-electron chi connectivity index (χ0n) is 17.0. The van der Waals surface area contributed by atoms with Crippen LogP contribution in [0.1, 0.15) is 31.7 Å². The van der Waals surface area contributed by atoms with E-state index in [4.69, 9.17) is 0 Å². The van der Waals surface area contributed by atoms with Gasteiger partial charge in [-0.1, -0.05) is 50.2 Å². The molecule has 0 radical (unpaired) electrons. The standard InChI is InChI=1S/C24H23N3O2S/c1-3-16(2)17-10-12-18(13-11-17)25-22(28)15-27-24(29)20-8-5-4-7-19(20)23(26-27)21-9-6-14-30-21/h4-14,16H,3,15H2,1-2H3,(H,25,28)/t16-/m1/s1. The minimum Gasteiger partial charge on any atom is -0.324 e. The lowest BCUT2D eigenvalue weighted by Crippen LogP contribution is -2.30. The van der Waals surface area contributed by atoms with Crippen LogP contribution in [0.15, 0.2) is 70.8 Å². The van der Waals surface area contributed by atoms with Crippen molar-refractivity contribution in [2.24, 2.45) is 0 Å². The number of carbonyl (C=O) groups excluding carboxylic acids is 1. The van der Waals surface area contributed by atoms with Crippen LogP contribution in [0.3, 0.4) is 0 Å². The summed E-state index contributed by atoms with van der Waals surface area (Å²) >= 11 is 1.55. The molecule has 0 aliphatic heterocycles. The van der Waals surface area contributed by atoms with Crippen LogP contribution in [0.25, 0.3) is 21.3 Å². The highest BCUT2D eigenvalue weighted by atomic mass is 32.1. The van der Waals surface area contributed by atoms with Gasteiger partial charge in [-0.25, -0.2) is 4.68 Å². The molecule has 2 heterocycles. The highest BCUT2D eigenvalue weighted by molar-refractivity contribution is 7.13. The molecule has 2 aromatic carbocycles. The number of amides is 1. The van der Waals surface area contributed by atoms with Crippen molar-refractivity contribution in [3.63, 3.8) is 0 Å². The van der Waals surface area contributed by atoms with Gasteiger partial charge in [-0.15, -0.1) is 11.3 Å². The molecule has 0 aliphatic carbocycles. The molecule has 5 nitrogen and oxygen atoms in total. The largest absolute Gasteiger partial charge is 0.324 e. The Hall–Kier alpha value is -3.25. The van der Waals surface area contributed by atoms with Gasteiger partial charge >= 0.3 is 0 Å². The van der Waals surface area contributed by atoms with Crippen molar-refractivity contribution in [2.45, 2.75) is 32.7 Å². The quantitative estimate of drug-likeness (QED) is 0.464. The minimum atomic E-state index is -0.284. The second-order valence-electron chi connectivity index (χ2n) is 7.31. The fraction of sp³-hybridized carbons (Fsp3) is 0.208. The number of nitrogens with zero attached hydrogens (tertiary/aromatic N) is 2. The van der Waals surface area contributed by atoms with Gasteiger partial charge in [-0.2, -0.15) is 5.10 Å². The molecule has 0 saturated heterocycles. The van der Waals surface area contributed by atoms with Crippen LogP contribution in [0.4, 0.5) is 5.69 Å². The van der Waals surface area contributed by atoms with Gasteiger partial charge in [-0.05, 0) is 47.5 Å². The Morgan fingerprint density at radius 2 is 1.80 bits per heavy atom. The predicted octanol–water partition coefficient (Wildman–Crippen LogP) is 5.28. The van der Waals surface area contributed by atoms with Gasteiger partial charge in [0.2, 0.25) is 5.91 Å². The number of hydrogen-bond donors (Lipinski definition) is 1. The third kappa shape index (κ3) is 4.04. The number of aromatic nitrogens is 2. The lowest BCUT2D eigenvalue weighted by molar-refractivity contribution is -0.117. The van der Waals surface area contributed by atoms with E-state index in [1.54, 1.807) is 17.4 Å². The van der Waals surface area contributed by atoms with Gasteiger partial charge in [0.05, 0.1) is 10.3 Å². The Kier molecular flexibility index (Phi) is 5.77. The van der Waals surface area contributed by atoms with Crippen LogP contribution in [-0.2, 0) is 11.3 Å². The number of hydrogen-bond acceptors (Lipinski definition) is 4. The van der Waals surface area contributed by atoms with Crippen molar-refractivity contribution in [3.8, 4) is 10.6 Å². The number of fused-ring (bicyclic) bond motifs is 1. The summed E-state index contributed by atoms with van der Waals surface area (Å²) in [6, 6.07) is 19.1. The Morgan fingerprint density at radius 1 is 1.07 bits per heavy atom. The summed E-state index contributed by atoms with van der Waals surface area (Å²) in [5.74, 6) is 0.194. The lowest BCUT2D eigenvalue weighted by Gasteiger charge is -2.12. The predicted molar refractivity (Wildman–Crippen MR) is 123 cm³/mol. The zero-order chi connectivity index (χ0) is 21.1. The van der Waals surface area contributed by atoms with E-state index in [0.717, 1.165) is 16.7 Å². The summed E-state index contributed by atoms with van der Waals surface area (Å²) < 4.78 is 1.25. The number of thiophene rings is 1. The Bertz CT molecular complexity index is 1230. The van der Waals surface area contributed by atoms with Crippen molar-refractivity contribution in [1.29, 1.82) is 0 Å². The Morgan fingerprint density at radius 3 is 2.47 bits per heavy atom. The van der Waals surface area contributed by atoms with E-state index in [9.17, 15) is 9.59 Å². The van der Waals surface area contributed by atoms with E-state index < -0.39 is 0 Å². The molecule has 2 aromatic heterocycles. The van der Waals surface area contributed by atoms with E-state index in [1.165, 1.54) is 10.2 Å². The van der Waals surface area contributed by atoms with Gasteiger partial charge in [-0.3, -0.25) is 9.59 Å². The first-order chi connectivity index (χ1) is 14.6. The average molecular weight is 418 g/mol. The van der Waals surface area contributed by atoms with Gasteiger partial charge in [0, 0.05) is 11.1 Å². The normalized spacial score (nSPS) is 12.1. The highest BCUT2D eigenvalue weighted by Gasteiger charge is 2.15. The van der Waals surface area contributed by atoms with Gasteiger partial charge in [0.1, 0.15) is 12.2 Å². The number of carbonyl (C=O) groups is 1. The van der Waals surface area contributed by atoms with Crippen LogP contribution < -0.4 is 10.9 Å². The van der Waals surface area contributed by atoms with E-state index in [2.05, 4.69) is 24.3 Å². The van der Waals surface area contributed by atoms with E-state index in [-0.39, 0.29) is 18.0 Å². The topological polar surface area (TPSA) is 64.0 Å². The molecule has 6 heteroatoms. The molecule has 30 heavy (non-hydrogen) atoms. The summed E-state index contributed by atoms with van der Waals surface area (Å²) in [6.45, 7) is 4.19. The molecule has 1 atom stereocenters. The molecule has 1 N–H and O–H groups in total. The van der Waals surface area contributed by atoms with Gasteiger partial charge in [0.15, 0.2) is 0 Å². The second kappa shape index (κ2) is 8.63. The Labute approximate surface area is 179 Å². The first kappa shape index (κ1) is 20.0. The van der Waals surface area contributed by atoms with E-state index in [1.807, 2.05) is 60.0 Å². The molecule has 4 rings (SSSR count). The molecular weight excluding hydrogens is 394 g/mol. The maximum absolute atomic E-state index is 12.9. The first-order valence-electron chi connectivity index (χ1n) is 10.0. The fourth-order valence-corrected chi connectivity index (χ4v) is 4.13. The summed E-state index contributed by atoms with van der Waals surface area (Å²) in [7, 11) is 0. The van der Waals surface area contributed by atoms with E-state index >= 15 is 0 Å². The first-order valence-corrected chi connectivity index (χ1v) is 10.9. The molecule has 0 bridgehead atoms. The minimum absolute atomic E-state index is 0.144. The number of rotatable bonds is 6. The maximum atomic E-state index is 12.9. The molecule has 152 valence electrons. The SMILES string of the molecule is CC[C@@H](C)c1ccc(NC(=O)Cn2nc(-c3cccs3)c3ccccc3c2=O)cc1. The smallest absolute Gasteiger partial charge is 0.275 e. The van der Waals surface area contributed by atoms with Gasteiger partial charge in [0.25, 0.3) is 5.56 Å². The molecule has 0 aliphatic rings. The molecule has 1 amide bonds. The van der Waals surface area contributed by atoms with Crippen LogP contribution in [-0.4, -0.2) is 15.7 Å². The summed E-state index contributed by atoms with van der Waals surface area (Å²) in [5.41, 5.74) is 2.39. The van der Waals surface area contributed by atoms with Crippen molar-refractivity contribution in [3.05, 3.63) is 82.0 Å². The zero-order valence-corrected chi connectivity index (χ0v) is 17.8. The monoisotopic (exact) mass is 417 g/mol. The second-order valence-corrected chi connectivity index (χ2v) is 8.26. The van der Waals surface area contributed by atoms with Crippen molar-refractivity contribution in [1.82, 2.24) is 9.78 Å². The van der Waals surface area contributed by atoms with Gasteiger partial charge < -0.3 is 5.32 Å².